The van der Waals surface area contributed by atoms with Gasteiger partial charge in [-0.05, 0) is 59.5 Å². The molecule has 4 nitrogen and oxygen atoms in total. The summed E-state index contributed by atoms with van der Waals surface area (Å²) < 4.78 is 5.76. The van der Waals surface area contributed by atoms with Crippen LogP contribution in [0.25, 0.3) is 5.57 Å². The average molecular weight is 494 g/mol. The van der Waals surface area contributed by atoms with E-state index in [2.05, 4.69) is 0 Å². The summed E-state index contributed by atoms with van der Waals surface area (Å²) in [5, 5.41) is 1.00. The minimum Gasteiger partial charge on any atom is -0.494 e. The molecule has 1 aliphatic carbocycles. The number of ketones is 1. The molecule has 4 rings (SSSR count). The number of halogens is 2. The fourth-order valence-electron chi connectivity index (χ4n) is 4.59. The normalized spacial score (nSPS) is 20.0. The summed E-state index contributed by atoms with van der Waals surface area (Å²) >= 11 is 12.4. The van der Waals surface area contributed by atoms with Crippen molar-refractivity contribution in [2.45, 2.75) is 31.1 Å². The maximum absolute atomic E-state index is 13.5. The number of hydrogen-bond acceptors (Lipinski definition) is 4. The summed E-state index contributed by atoms with van der Waals surface area (Å²) in [6.07, 6.45) is 3.61. The Bertz CT molecular complexity index is 1270. The number of carbonyl (C=O) groups is 2. The van der Waals surface area contributed by atoms with Crippen molar-refractivity contribution >= 4 is 46.5 Å². The summed E-state index contributed by atoms with van der Waals surface area (Å²) in [5.41, 5.74) is 8.11. The van der Waals surface area contributed by atoms with Gasteiger partial charge in [-0.25, -0.2) is 0 Å². The molecule has 0 amide bonds. The summed E-state index contributed by atoms with van der Waals surface area (Å²) in [5.74, 6) is 0.123. The number of anilines is 1. The Morgan fingerprint density at radius 1 is 1.06 bits per heavy atom. The van der Waals surface area contributed by atoms with Crippen LogP contribution in [0.5, 0.6) is 5.75 Å². The lowest BCUT2D eigenvalue weighted by atomic mass is 9.61. The van der Waals surface area contributed by atoms with E-state index in [4.69, 9.17) is 33.7 Å². The largest absolute Gasteiger partial charge is 0.494 e. The van der Waals surface area contributed by atoms with Crippen molar-refractivity contribution in [1.29, 1.82) is 0 Å². The Balaban J connectivity index is 1.93. The van der Waals surface area contributed by atoms with Gasteiger partial charge in [-0.2, -0.15) is 0 Å². The van der Waals surface area contributed by atoms with Crippen LogP contribution in [-0.2, 0) is 15.0 Å². The van der Waals surface area contributed by atoms with Crippen LogP contribution in [0, 0.1) is 0 Å². The van der Waals surface area contributed by atoms with Crippen LogP contribution in [-0.4, -0.2) is 18.7 Å². The molecule has 0 unspecified atom stereocenters. The van der Waals surface area contributed by atoms with Crippen molar-refractivity contribution in [3.63, 3.8) is 0 Å². The van der Waals surface area contributed by atoms with Gasteiger partial charge >= 0.3 is 0 Å². The maximum atomic E-state index is 13.5. The van der Waals surface area contributed by atoms with E-state index in [0.717, 1.165) is 18.3 Å². The van der Waals surface area contributed by atoms with Crippen LogP contribution >= 0.6 is 23.2 Å². The van der Waals surface area contributed by atoms with Crippen LogP contribution in [0.1, 0.15) is 42.4 Å². The molecule has 2 atom stereocenters. The van der Waals surface area contributed by atoms with Crippen molar-refractivity contribution < 1.29 is 14.3 Å². The third kappa shape index (κ3) is 4.61. The van der Waals surface area contributed by atoms with Gasteiger partial charge in [0.15, 0.2) is 5.78 Å². The van der Waals surface area contributed by atoms with Gasteiger partial charge in [-0.15, -0.1) is 0 Å². The highest BCUT2D eigenvalue weighted by Crippen LogP contribution is 2.49. The van der Waals surface area contributed by atoms with Crippen molar-refractivity contribution in [1.82, 2.24) is 0 Å². The molecule has 6 heteroatoms. The summed E-state index contributed by atoms with van der Waals surface area (Å²) in [6.45, 7) is 2.61. The molecule has 0 fully saturated rings. The number of ether oxygens (including phenoxy) is 1. The minimum absolute atomic E-state index is 0.0670. The van der Waals surface area contributed by atoms with E-state index in [1.165, 1.54) is 0 Å². The van der Waals surface area contributed by atoms with E-state index >= 15 is 0 Å². The second-order valence-electron chi connectivity index (χ2n) is 8.45. The first-order valence-electron chi connectivity index (χ1n) is 11.1. The SMILES string of the molecule is CCCOc1cccc(C2=C[C@](C=O)(c3ccc(Cl)cc3N)[C@H](c3cccc(Cl)c3)CC2=O)c1. The van der Waals surface area contributed by atoms with Gasteiger partial charge in [-0.1, -0.05) is 66.5 Å². The minimum atomic E-state index is -1.19. The second-order valence-corrected chi connectivity index (χ2v) is 9.32. The van der Waals surface area contributed by atoms with Gasteiger partial charge in [0.05, 0.1) is 12.0 Å². The van der Waals surface area contributed by atoms with Crippen molar-refractivity contribution in [3.05, 3.63) is 99.5 Å². The maximum Gasteiger partial charge on any atom is 0.163 e. The molecular formula is C28H25Cl2NO3. The van der Waals surface area contributed by atoms with E-state index in [1.807, 2.05) is 43.3 Å². The van der Waals surface area contributed by atoms with E-state index in [9.17, 15) is 9.59 Å². The molecule has 1 aliphatic rings. The Morgan fingerprint density at radius 2 is 1.82 bits per heavy atom. The smallest absolute Gasteiger partial charge is 0.163 e. The zero-order valence-electron chi connectivity index (χ0n) is 18.8. The summed E-state index contributed by atoms with van der Waals surface area (Å²) in [7, 11) is 0. The first kappa shape index (κ1) is 24.1. The molecule has 174 valence electrons. The van der Waals surface area contributed by atoms with Crippen molar-refractivity contribution in [2.75, 3.05) is 12.3 Å². The van der Waals surface area contributed by atoms with Gasteiger partial charge < -0.3 is 15.3 Å². The van der Waals surface area contributed by atoms with Crippen LogP contribution in [0.2, 0.25) is 10.0 Å². The number of hydrogen-bond donors (Lipinski definition) is 1. The van der Waals surface area contributed by atoms with Crippen LogP contribution in [0.3, 0.4) is 0 Å². The third-order valence-electron chi connectivity index (χ3n) is 6.19. The van der Waals surface area contributed by atoms with Crippen molar-refractivity contribution in [3.8, 4) is 5.75 Å². The molecule has 0 saturated heterocycles. The van der Waals surface area contributed by atoms with Gasteiger partial charge in [-0.3, -0.25) is 4.79 Å². The number of benzene rings is 3. The summed E-state index contributed by atoms with van der Waals surface area (Å²) in [4.78, 5) is 26.4. The Hall–Kier alpha value is -3.08. The first-order chi connectivity index (χ1) is 16.4. The predicted octanol–water partition coefficient (Wildman–Crippen LogP) is 6.64. The molecule has 0 heterocycles. The van der Waals surface area contributed by atoms with E-state index < -0.39 is 11.3 Å². The fraction of sp³-hybridized carbons (Fsp3) is 0.214. The number of carbonyl (C=O) groups excluding carboxylic acids is 2. The van der Waals surface area contributed by atoms with E-state index in [-0.39, 0.29) is 12.2 Å². The molecule has 0 saturated carbocycles. The molecule has 2 N–H and O–H groups in total. The highest BCUT2D eigenvalue weighted by molar-refractivity contribution is 6.31. The fourth-order valence-corrected chi connectivity index (χ4v) is 4.97. The predicted molar refractivity (Wildman–Crippen MR) is 138 cm³/mol. The zero-order chi connectivity index (χ0) is 24.3. The molecular weight excluding hydrogens is 469 g/mol. The van der Waals surface area contributed by atoms with Crippen LogP contribution in [0.4, 0.5) is 5.69 Å². The highest BCUT2D eigenvalue weighted by Gasteiger charge is 2.46. The van der Waals surface area contributed by atoms with Gasteiger partial charge in [0, 0.05) is 33.6 Å². The number of rotatable bonds is 7. The topological polar surface area (TPSA) is 69.4 Å². The summed E-state index contributed by atoms with van der Waals surface area (Å²) in [6, 6.07) is 19.7. The van der Waals surface area contributed by atoms with Gasteiger partial charge in [0.1, 0.15) is 12.0 Å². The van der Waals surface area contributed by atoms with Crippen molar-refractivity contribution in [2.24, 2.45) is 0 Å². The number of allylic oxidation sites excluding steroid dienone is 2. The molecule has 34 heavy (non-hydrogen) atoms. The molecule has 0 radical (unpaired) electrons. The lowest BCUT2D eigenvalue weighted by Crippen LogP contribution is -2.39. The third-order valence-corrected chi connectivity index (χ3v) is 6.66. The number of aldehydes is 1. The molecule has 0 bridgehead atoms. The quantitative estimate of drug-likeness (QED) is 0.295. The van der Waals surface area contributed by atoms with E-state index in [1.54, 1.807) is 36.4 Å². The van der Waals surface area contributed by atoms with Crippen LogP contribution < -0.4 is 10.5 Å². The molecule has 3 aromatic carbocycles. The number of Topliss-reactive ketones (excluding diaryl/α,β-unsaturated/α-hetero) is 1. The van der Waals surface area contributed by atoms with Gasteiger partial charge in [0.2, 0.25) is 0 Å². The Labute approximate surface area is 209 Å². The molecule has 0 aliphatic heterocycles. The monoisotopic (exact) mass is 493 g/mol. The Morgan fingerprint density at radius 3 is 2.53 bits per heavy atom. The lowest BCUT2D eigenvalue weighted by molar-refractivity contribution is -0.116. The van der Waals surface area contributed by atoms with E-state index in [0.29, 0.717) is 44.8 Å². The zero-order valence-corrected chi connectivity index (χ0v) is 20.3. The standard InChI is InChI=1S/C28H25Cl2NO3/c1-2-11-34-22-8-4-5-18(13-22)23-16-28(17-32,24-10-9-21(30)14-26(24)31)25(15-27(23)33)19-6-3-7-20(29)12-19/h3-10,12-14,16-17,25H,2,11,15,31H2,1H3/t25-,28-/m0/s1. The first-order valence-corrected chi connectivity index (χ1v) is 11.9. The average Bonchev–Trinajstić information content (AvgIpc) is 2.83. The highest BCUT2D eigenvalue weighted by atomic mass is 35.5. The second kappa shape index (κ2) is 10.0. The van der Waals surface area contributed by atoms with Crippen LogP contribution in [0.15, 0.2) is 72.8 Å². The number of nitrogen functional groups attached to an aromatic ring is 1. The molecule has 0 aromatic heterocycles. The number of nitrogens with two attached hydrogens (primary N) is 1. The molecule has 3 aromatic rings. The van der Waals surface area contributed by atoms with Gasteiger partial charge in [0.25, 0.3) is 0 Å². The Kier molecular flexibility index (Phi) is 7.11. The lowest BCUT2D eigenvalue weighted by Gasteiger charge is -2.39. The molecule has 0 spiro atoms.